The quantitative estimate of drug-likeness (QED) is 0.884. The van der Waals surface area contributed by atoms with E-state index in [-0.39, 0.29) is 17.4 Å². The number of hydrogen-bond acceptors (Lipinski definition) is 3. The molecular weight excluding hydrogens is 348 g/mol. The van der Waals surface area contributed by atoms with Gasteiger partial charge in [-0.3, -0.25) is 4.79 Å². The second-order valence-electron chi connectivity index (χ2n) is 4.29. The molecule has 3 rings (SSSR count). The number of rotatable bonds is 2. The highest BCUT2D eigenvalue weighted by Gasteiger charge is 2.43. The second kappa shape index (κ2) is 5.00. The number of hydrogen-bond donors (Lipinski definition) is 1. The Morgan fingerprint density at radius 2 is 1.71 bits per heavy atom. The summed E-state index contributed by atoms with van der Waals surface area (Å²) in [6.07, 6.45) is -3.67. The lowest BCUT2D eigenvalue weighted by Crippen LogP contribution is -2.25. The Kier molecular flexibility index (Phi) is 3.29. The number of anilines is 1. The average Bonchev–Trinajstić information content (AvgIpc) is 2.72. The molecule has 0 unspecified atom stereocenters. The van der Waals surface area contributed by atoms with E-state index in [4.69, 9.17) is 0 Å². The molecule has 2 aromatic carbocycles. The topological polar surface area (TPSA) is 47.6 Å². The van der Waals surface area contributed by atoms with Gasteiger partial charge in [-0.15, -0.1) is 8.78 Å². The molecule has 1 aliphatic heterocycles. The minimum Gasteiger partial charge on any atom is -0.395 e. The minimum absolute atomic E-state index is 0.0679. The number of carbonyl (C=O) groups excluding carboxylic acids is 1. The molecule has 0 saturated heterocycles. The maximum atomic E-state index is 12.9. The van der Waals surface area contributed by atoms with Crippen LogP contribution in [0.5, 0.6) is 11.5 Å². The standard InChI is InChI=1S/C14H8BrF2NO3/c15-9-3-1-8(2-4-9)13(19)18-10-5-6-11-12(7-10)21-14(16,17)20-11/h1-7H,(H,18,19). The summed E-state index contributed by atoms with van der Waals surface area (Å²) in [4.78, 5) is 12.0. The first-order chi connectivity index (χ1) is 9.93. The molecular formula is C14H8BrF2NO3. The molecule has 0 aliphatic carbocycles. The summed E-state index contributed by atoms with van der Waals surface area (Å²) in [5.74, 6) is -0.539. The van der Waals surface area contributed by atoms with Gasteiger partial charge in [0.25, 0.3) is 5.91 Å². The van der Waals surface area contributed by atoms with E-state index in [2.05, 4.69) is 30.7 Å². The molecule has 0 radical (unpaired) electrons. The first-order valence-corrected chi connectivity index (χ1v) is 6.69. The number of benzene rings is 2. The van der Waals surface area contributed by atoms with E-state index < -0.39 is 6.29 Å². The zero-order chi connectivity index (χ0) is 15.0. The van der Waals surface area contributed by atoms with E-state index >= 15 is 0 Å². The van der Waals surface area contributed by atoms with Crippen LogP contribution < -0.4 is 14.8 Å². The van der Waals surface area contributed by atoms with Gasteiger partial charge in [0.15, 0.2) is 11.5 Å². The molecule has 108 valence electrons. The predicted octanol–water partition coefficient (Wildman–Crippen LogP) is 4.02. The summed E-state index contributed by atoms with van der Waals surface area (Å²) < 4.78 is 35.3. The van der Waals surface area contributed by atoms with Crippen LogP contribution in [0.15, 0.2) is 46.9 Å². The van der Waals surface area contributed by atoms with Crippen molar-refractivity contribution in [1.82, 2.24) is 0 Å². The monoisotopic (exact) mass is 355 g/mol. The van der Waals surface area contributed by atoms with Crippen molar-refractivity contribution in [2.45, 2.75) is 6.29 Å². The smallest absolute Gasteiger partial charge is 0.395 e. The fourth-order valence-electron chi connectivity index (χ4n) is 1.83. The fourth-order valence-corrected chi connectivity index (χ4v) is 2.10. The van der Waals surface area contributed by atoms with E-state index in [9.17, 15) is 13.6 Å². The summed E-state index contributed by atoms with van der Waals surface area (Å²) in [7, 11) is 0. The molecule has 7 heteroatoms. The van der Waals surface area contributed by atoms with Gasteiger partial charge in [0.2, 0.25) is 0 Å². The van der Waals surface area contributed by atoms with Gasteiger partial charge in [-0.05, 0) is 36.4 Å². The third-order valence-electron chi connectivity index (χ3n) is 2.77. The van der Waals surface area contributed by atoms with Crippen molar-refractivity contribution in [3.63, 3.8) is 0 Å². The maximum absolute atomic E-state index is 12.9. The van der Waals surface area contributed by atoms with Crippen LogP contribution in [0, 0.1) is 0 Å². The fraction of sp³-hybridized carbons (Fsp3) is 0.0714. The number of ether oxygens (including phenoxy) is 2. The van der Waals surface area contributed by atoms with E-state index in [1.54, 1.807) is 24.3 Å². The van der Waals surface area contributed by atoms with Crippen LogP contribution in [0.3, 0.4) is 0 Å². The largest absolute Gasteiger partial charge is 0.586 e. The Morgan fingerprint density at radius 3 is 2.43 bits per heavy atom. The lowest BCUT2D eigenvalue weighted by molar-refractivity contribution is -0.286. The Hall–Kier alpha value is -2.15. The second-order valence-corrected chi connectivity index (χ2v) is 5.21. The molecule has 1 heterocycles. The minimum atomic E-state index is -3.67. The van der Waals surface area contributed by atoms with Crippen LogP contribution in [-0.2, 0) is 0 Å². The van der Waals surface area contributed by atoms with Crippen molar-refractivity contribution in [2.75, 3.05) is 5.32 Å². The lowest BCUT2D eigenvalue weighted by Gasteiger charge is -2.06. The Bertz CT molecular complexity index is 704. The van der Waals surface area contributed by atoms with Crippen LogP contribution >= 0.6 is 15.9 Å². The van der Waals surface area contributed by atoms with Crippen molar-refractivity contribution in [2.24, 2.45) is 0 Å². The van der Waals surface area contributed by atoms with E-state index in [0.29, 0.717) is 11.3 Å². The number of fused-ring (bicyclic) bond motifs is 1. The molecule has 0 saturated carbocycles. The molecule has 2 aromatic rings. The Balaban J connectivity index is 1.77. The van der Waals surface area contributed by atoms with Gasteiger partial charge in [-0.2, -0.15) is 0 Å². The molecule has 1 amide bonds. The first-order valence-electron chi connectivity index (χ1n) is 5.90. The van der Waals surface area contributed by atoms with Crippen LogP contribution in [0.25, 0.3) is 0 Å². The molecule has 21 heavy (non-hydrogen) atoms. The van der Waals surface area contributed by atoms with Crippen LogP contribution in [-0.4, -0.2) is 12.2 Å². The third-order valence-corrected chi connectivity index (χ3v) is 3.29. The summed E-state index contributed by atoms with van der Waals surface area (Å²) in [6.45, 7) is 0. The summed E-state index contributed by atoms with van der Waals surface area (Å²) >= 11 is 3.27. The number of carbonyl (C=O) groups is 1. The predicted molar refractivity (Wildman–Crippen MR) is 74.7 cm³/mol. The molecule has 4 nitrogen and oxygen atoms in total. The van der Waals surface area contributed by atoms with E-state index in [1.165, 1.54) is 18.2 Å². The summed E-state index contributed by atoms with van der Waals surface area (Å²) in [6, 6.07) is 10.8. The zero-order valence-corrected chi connectivity index (χ0v) is 12.0. The molecule has 1 aliphatic rings. The Labute approximate surface area is 126 Å². The van der Waals surface area contributed by atoms with Gasteiger partial charge in [0.05, 0.1) is 0 Å². The highest BCUT2D eigenvalue weighted by atomic mass is 79.9. The van der Waals surface area contributed by atoms with Gasteiger partial charge in [0, 0.05) is 21.8 Å². The van der Waals surface area contributed by atoms with Crippen LogP contribution in [0.4, 0.5) is 14.5 Å². The number of amides is 1. The molecule has 0 spiro atoms. The van der Waals surface area contributed by atoms with Crippen molar-refractivity contribution in [1.29, 1.82) is 0 Å². The summed E-state index contributed by atoms with van der Waals surface area (Å²) in [5, 5.41) is 2.60. The van der Waals surface area contributed by atoms with Crippen molar-refractivity contribution >= 4 is 27.5 Å². The average molecular weight is 356 g/mol. The lowest BCUT2D eigenvalue weighted by atomic mass is 10.2. The normalized spacial score (nSPS) is 14.8. The maximum Gasteiger partial charge on any atom is 0.586 e. The first kappa shape index (κ1) is 13.8. The highest BCUT2D eigenvalue weighted by molar-refractivity contribution is 9.10. The molecule has 1 N–H and O–H groups in total. The molecule has 0 atom stereocenters. The SMILES string of the molecule is O=C(Nc1ccc2c(c1)OC(F)(F)O2)c1ccc(Br)cc1. The Morgan fingerprint density at radius 1 is 1.05 bits per heavy atom. The highest BCUT2D eigenvalue weighted by Crippen LogP contribution is 2.42. The molecule has 0 aromatic heterocycles. The molecule has 0 bridgehead atoms. The van der Waals surface area contributed by atoms with Crippen molar-refractivity contribution in [3.05, 3.63) is 52.5 Å². The zero-order valence-electron chi connectivity index (χ0n) is 10.4. The van der Waals surface area contributed by atoms with Gasteiger partial charge < -0.3 is 14.8 Å². The van der Waals surface area contributed by atoms with Crippen LogP contribution in [0.2, 0.25) is 0 Å². The van der Waals surface area contributed by atoms with Gasteiger partial charge in [-0.1, -0.05) is 15.9 Å². The van der Waals surface area contributed by atoms with Crippen molar-refractivity contribution in [3.8, 4) is 11.5 Å². The van der Waals surface area contributed by atoms with Crippen LogP contribution in [0.1, 0.15) is 10.4 Å². The van der Waals surface area contributed by atoms with E-state index in [0.717, 1.165) is 4.47 Å². The summed E-state index contributed by atoms with van der Waals surface area (Å²) in [5.41, 5.74) is 0.782. The van der Waals surface area contributed by atoms with Gasteiger partial charge in [0.1, 0.15) is 0 Å². The number of nitrogens with one attached hydrogen (secondary N) is 1. The van der Waals surface area contributed by atoms with E-state index in [1.807, 2.05) is 0 Å². The third kappa shape index (κ3) is 2.97. The van der Waals surface area contributed by atoms with Gasteiger partial charge in [-0.25, -0.2) is 0 Å². The van der Waals surface area contributed by atoms with Gasteiger partial charge >= 0.3 is 6.29 Å². The number of alkyl halides is 2. The number of halogens is 3. The van der Waals surface area contributed by atoms with Crippen molar-refractivity contribution < 1.29 is 23.0 Å². The molecule has 0 fully saturated rings.